The van der Waals surface area contributed by atoms with E-state index in [1.807, 2.05) is 48.2 Å². The van der Waals surface area contributed by atoms with E-state index in [2.05, 4.69) is 18.7 Å². The largest absolute Gasteiger partial charge is 0.497 e. The molecule has 3 aromatic carbocycles. The van der Waals surface area contributed by atoms with Crippen LogP contribution in [0.4, 0.5) is 0 Å². The van der Waals surface area contributed by atoms with E-state index in [1.54, 1.807) is 18.2 Å². The first kappa shape index (κ1) is 27.3. The van der Waals surface area contributed by atoms with Crippen molar-refractivity contribution in [3.05, 3.63) is 94.5 Å². The topological polar surface area (TPSA) is 99.2 Å². The summed E-state index contributed by atoms with van der Waals surface area (Å²) in [7, 11) is -2.80. The van der Waals surface area contributed by atoms with Gasteiger partial charge in [0, 0.05) is 12.1 Å². The molecule has 0 aromatic heterocycles. The molecule has 0 aliphatic heterocycles. The fourth-order valence-electron chi connectivity index (χ4n) is 4.01. The number of hydrogen-bond acceptors (Lipinski definition) is 6. The molecule has 36 heavy (non-hydrogen) atoms. The van der Waals surface area contributed by atoms with Crippen molar-refractivity contribution in [2.45, 2.75) is 38.6 Å². The van der Waals surface area contributed by atoms with E-state index in [1.165, 1.54) is 19.2 Å². The van der Waals surface area contributed by atoms with Gasteiger partial charge in [0.2, 0.25) is 0 Å². The number of carbonyl (C=O) groups is 1. The minimum Gasteiger partial charge on any atom is -0.497 e. The van der Waals surface area contributed by atoms with Gasteiger partial charge in [0.1, 0.15) is 5.75 Å². The summed E-state index contributed by atoms with van der Waals surface area (Å²) in [4.78, 5) is 17.1. The maximum Gasteiger partial charge on any atom is 0.293 e. The fourth-order valence-corrected chi connectivity index (χ4v) is 5.14. The van der Waals surface area contributed by atoms with Gasteiger partial charge in [0.15, 0.2) is 0 Å². The van der Waals surface area contributed by atoms with E-state index in [-0.39, 0.29) is 15.6 Å². The molecule has 0 heterocycles. The third-order valence-corrected chi connectivity index (χ3v) is 7.27. The van der Waals surface area contributed by atoms with Gasteiger partial charge in [-0.05, 0) is 73.5 Å². The highest BCUT2D eigenvalue weighted by Gasteiger charge is 2.25. The van der Waals surface area contributed by atoms with E-state index in [0.29, 0.717) is 24.3 Å². The summed E-state index contributed by atoms with van der Waals surface area (Å²) in [5.74, 6) is -0.376. The summed E-state index contributed by atoms with van der Waals surface area (Å²) >= 11 is 0. The van der Waals surface area contributed by atoms with Crippen LogP contribution in [0.3, 0.4) is 0 Å². The van der Waals surface area contributed by atoms with Crippen LogP contribution < -0.4 is 9.57 Å². The van der Waals surface area contributed by atoms with Crippen molar-refractivity contribution >= 4 is 15.9 Å². The van der Waals surface area contributed by atoms with Gasteiger partial charge in [-0.15, -0.1) is 5.17 Å². The van der Waals surface area contributed by atoms with E-state index in [4.69, 9.17) is 4.74 Å². The number of hydroxylamine groups is 1. The molecule has 0 spiro atoms. The van der Waals surface area contributed by atoms with Gasteiger partial charge in [-0.3, -0.25) is 14.9 Å². The summed E-state index contributed by atoms with van der Waals surface area (Å²) in [6, 6.07) is 19.2. The molecule has 0 unspecified atom stereocenters. The zero-order valence-corrected chi connectivity index (χ0v) is 21.9. The molecule has 0 saturated carbocycles. The molecule has 0 atom stereocenters. The van der Waals surface area contributed by atoms with Crippen LogP contribution in [0.25, 0.3) is 0 Å². The number of ether oxygens (including phenoxy) is 1. The Balaban J connectivity index is 1.86. The number of amides is 1. The molecule has 1 amide bonds. The Hall–Kier alpha value is -3.24. The van der Waals surface area contributed by atoms with Crippen LogP contribution in [0, 0.1) is 6.92 Å². The van der Waals surface area contributed by atoms with Gasteiger partial charge >= 0.3 is 0 Å². The van der Waals surface area contributed by atoms with Crippen LogP contribution in [0.15, 0.2) is 71.6 Å². The normalized spacial score (nSPS) is 11.5. The van der Waals surface area contributed by atoms with E-state index in [0.717, 1.165) is 29.8 Å². The van der Waals surface area contributed by atoms with Crippen LogP contribution in [-0.4, -0.2) is 49.8 Å². The van der Waals surface area contributed by atoms with Gasteiger partial charge < -0.3 is 4.74 Å². The van der Waals surface area contributed by atoms with Crippen molar-refractivity contribution in [3.63, 3.8) is 0 Å². The predicted octanol–water partition coefficient (Wildman–Crippen LogP) is 4.16. The van der Waals surface area contributed by atoms with Crippen molar-refractivity contribution in [3.8, 4) is 5.75 Å². The Kier molecular flexibility index (Phi) is 9.22. The average Bonchev–Trinajstić information content (AvgIpc) is 2.86. The number of rotatable bonds is 11. The Bertz CT molecular complexity index is 1290. The Morgan fingerprint density at radius 1 is 0.972 bits per heavy atom. The lowest BCUT2D eigenvalue weighted by atomic mass is 10.0. The highest BCUT2D eigenvalue weighted by Crippen LogP contribution is 2.25. The van der Waals surface area contributed by atoms with Crippen LogP contribution in [0.5, 0.6) is 5.75 Å². The lowest BCUT2D eigenvalue weighted by molar-refractivity contribution is -0.0761. The highest BCUT2D eigenvalue weighted by atomic mass is 32.2. The third kappa shape index (κ3) is 6.92. The number of nitrogens with zero attached hydrogens (tertiary/aromatic N) is 2. The molecule has 0 radical (unpaired) electrons. The number of benzene rings is 3. The van der Waals surface area contributed by atoms with E-state index >= 15 is 0 Å². The zero-order chi connectivity index (χ0) is 26.3. The SMILES string of the molecule is CCN(CC)Cc1cc(C)cc(C(=O)N(O)NS(=O)(=O)c2ccc(OC)cc2Cc2ccccc2)c1. The molecule has 0 saturated heterocycles. The second-order valence-corrected chi connectivity index (χ2v) is 10.1. The first-order valence-corrected chi connectivity index (χ1v) is 13.2. The molecule has 0 fully saturated rings. The van der Waals surface area contributed by atoms with Crippen LogP contribution >= 0.6 is 0 Å². The molecule has 0 aliphatic carbocycles. The van der Waals surface area contributed by atoms with Crippen molar-refractivity contribution in [2.24, 2.45) is 0 Å². The minimum absolute atomic E-state index is 0.0296. The number of hydrogen-bond donors (Lipinski definition) is 2. The first-order chi connectivity index (χ1) is 17.2. The standard InChI is InChI=1S/C27H33N3O5S/c1-5-29(6-2)19-22-14-20(3)15-24(17-22)27(31)30(32)28-36(33,34)26-13-12-25(35-4)18-23(26)16-21-10-8-7-9-11-21/h7-15,17-18,28,32H,5-6,16,19H2,1-4H3. The Labute approximate surface area is 213 Å². The number of nitrogens with one attached hydrogen (secondary N) is 1. The molecule has 9 heteroatoms. The molecule has 8 nitrogen and oxygen atoms in total. The third-order valence-electron chi connectivity index (χ3n) is 5.88. The van der Waals surface area contributed by atoms with Crippen molar-refractivity contribution < 1.29 is 23.2 Å². The molecule has 0 bridgehead atoms. The second kappa shape index (κ2) is 12.1. The second-order valence-electron chi connectivity index (χ2n) is 8.52. The van der Waals surface area contributed by atoms with Crippen molar-refractivity contribution in [2.75, 3.05) is 20.2 Å². The Morgan fingerprint density at radius 3 is 2.31 bits per heavy atom. The molecule has 3 rings (SSSR count). The number of carbonyl (C=O) groups excluding carboxylic acids is 1. The lowest BCUT2D eigenvalue weighted by Crippen LogP contribution is -2.44. The van der Waals surface area contributed by atoms with Crippen LogP contribution in [-0.2, 0) is 23.0 Å². The number of sulfonamides is 1. The lowest BCUT2D eigenvalue weighted by Gasteiger charge is -2.20. The molecule has 0 aliphatic rings. The summed E-state index contributed by atoms with van der Waals surface area (Å²) in [6.45, 7) is 8.31. The van der Waals surface area contributed by atoms with E-state index < -0.39 is 15.9 Å². The van der Waals surface area contributed by atoms with Crippen molar-refractivity contribution in [1.82, 2.24) is 14.9 Å². The monoisotopic (exact) mass is 511 g/mol. The maximum absolute atomic E-state index is 13.2. The number of hydrazine groups is 1. The minimum atomic E-state index is -4.29. The fraction of sp³-hybridized carbons (Fsp3) is 0.296. The van der Waals surface area contributed by atoms with Crippen molar-refractivity contribution in [1.29, 1.82) is 0 Å². The summed E-state index contributed by atoms with van der Waals surface area (Å²) in [5, 5.41) is 10.5. The van der Waals surface area contributed by atoms with E-state index in [9.17, 15) is 18.4 Å². The van der Waals surface area contributed by atoms with Gasteiger partial charge in [-0.2, -0.15) is 0 Å². The Morgan fingerprint density at radius 2 is 1.67 bits per heavy atom. The van der Waals surface area contributed by atoms with Gasteiger partial charge in [0.25, 0.3) is 15.9 Å². The summed E-state index contributed by atoms with van der Waals surface area (Å²) < 4.78 is 31.7. The predicted molar refractivity (Wildman–Crippen MR) is 138 cm³/mol. The van der Waals surface area contributed by atoms with Gasteiger partial charge in [-0.1, -0.05) is 60.6 Å². The number of methoxy groups -OCH3 is 1. The average molecular weight is 512 g/mol. The van der Waals surface area contributed by atoms with Gasteiger partial charge in [-0.25, -0.2) is 8.42 Å². The zero-order valence-electron chi connectivity index (χ0n) is 21.1. The smallest absolute Gasteiger partial charge is 0.293 e. The van der Waals surface area contributed by atoms with Crippen LogP contribution in [0.2, 0.25) is 0 Å². The molecular formula is C27H33N3O5S. The highest BCUT2D eigenvalue weighted by molar-refractivity contribution is 7.89. The summed E-state index contributed by atoms with van der Waals surface area (Å²) in [6.07, 6.45) is 0.320. The molecule has 192 valence electrons. The maximum atomic E-state index is 13.2. The summed E-state index contributed by atoms with van der Waals surface area (Å²) in [5.41, 5.74) is 3.28. The van der Waals surface area contributed by atoms with Crippen LogP contribution in [0.1, 0.15) is 46.5 Å². The molecule has 3 aromatic rings. The van der Waals surface area contributed by atoms with Gasteiger partial charge in [0.05, 0.1) is 12.0 Å². The first-order valence-electron chi connectivity index (χ1n) is 11.8. The quantitative estimate of drug-likeness (QED) is 0.296. The number of aryl methyl sites for hydroxylation is 1. The molecular weight excluding hydrogens is 478 g/mol. The molecule has 2 N–H and O–H groups in total.